The molecule has 1 aliphatic rings. The number of nitrogens with one attached hydrogen (secondary N) is 3. The number of carbonyl (C=O) groups excluding carboxylic acids is 4. The fraction of sp³-hybridized carbons (Fsp3) is 0.269. The molecule has 0 saturated heterocycles. The van der Waals surface area contributed by atoms with E-state index in [1.807, 2.05) is 97.1 Å². The number of aliphatic hydroxyl groups is 1. The number of ether oxygens (including phenoxy) is 3. The molecule has 0 heterocycles. The Labute approximate surface area is 369 Å². The first-order valence-electron chi connectivity index (χ1n) is 21.3. The maximum atomic E-state index is 13.8. The molecular weight excluding hydrogens is 795 g/mol. The zero-order valence-corrected chi connectivity index (χ0v) is 35.3. The average molecular weight is 850 g/mol. The molecule has 11 heteroatoms. The van der Waals surface area contributed by atoms with Crippen molar-refractivity contribution in [1.29, 1.82) is 0 Å². The molecule has 3 amide bonds. The molecule has 0 aromatic heterocycles. The number of fused-ring (bicyclic) bond motifs is 3. The standard InChI is InChI=1S/C52H55N3O8/c1-3-5-25-47(55-52(60)62-35-46-44-23-14-12-21-42(44)43-22-13-15-24-45(43)46)51(59)63-48(38-19-10-7-11-20-38)32-53-50(58)39(16-4-2)31-49(57)54-40(33-56)30-36-26-28-41(29-27-36)61-34-37-17-8-6-9-18-37/h3-4,6-15,17-24,26-29,39-40,46-48,56H,1-2,5,16,25,30-35H2,(H,53,58)(H,54,57)(H,55,60)/t39-,40-,47-,48-/m0/s1. The van der Waals surface area contributed by atoms with Gasteiger partial charge >= 0.3 is 12.1 Å². The van der Waals surface area contributed by atoms with Gasteiger partial charge in [0.05, 0.1) is 25.1 Å². The molecule has 5 aromatic carbocycles. The van der Waals surface area contributed by atoms with Crippen LogP contribution in [0.4, 0.5) is 4.79 Å². The van der Waals surface area contributed by atoms with E-state index in [9.17, 15) is 24.3 Å². The molecule has 0 bridgehead atoms. The number of alkyl carbamates (subject to hydrolysis) is 1. The van der Waals surface area contributed by atoms with Crippen molar-refractivity contribution in [2.24, 2.45) is 5.92 Å². The predicted octanol–water partition coefficient (Wildman–Crippen LogP) is 8.14. The minimum atomic E-state index is -1.07. The molecule has 0 fully saturated rings. The van der Waals surface area contributed by atoms with Crippen LogP contribution in [0, 0.1) is 5.92 Å². The third-order valence-electron chi connectivity index (χ3n) is 11.0. The smallest absolute Gasteiger partial charge is 0.407 e. The van der Waals surface area contributed by atoms with E-state index in [1.165, 1.54) is 0 Å². The number of allylic oxidation sites excluding steroid dienone is 2. The summed E-state index contributed by atoms with van der Waals surface area (Å²) in [7, 11) is 0. The van der Waals surface area contributed by atoms with Gasteiger partial charge in [0.2, 0.25) is 11.8 Å². The summed E-state index contributed by atoms with van der Waals surface area (Å²) in [4.78, 5) is 54.0. The summed E-state index contributed by atoms with van der Waals surface area (Å²) in [5.74, 6) is -1.80. The van der Waals surface area contributed by atoms with Crippen LogP contribution in [-0.4, -0.2) is 60.8 Å². The minimum absolute atomic E-state index is 0.0752. The number of hydrogen-bond donors (Lipinski definition) is 4. The molecule has 63 heavy (non-hydrogen) atoms. The number of amides is 3. The highest BCUT2D eigenvalue weighted by atomic mass is 16.6. The van der Waals surface area contributed by atoms with Crippen LogP contribution in [0.1, 0.15) is 65.5 Å². The van der Waals surface area contributed by atoms with Crippen LogP contribution < -0.4 is 20.7 Å². The Morgan fingerprint density at radius 3 is 2.00 bits per heavy atom. The van der Waals surface area contributed by atoms with Crippen LogP contribution in [0.2, 0.25) is 0 Å². The van der Waals surface area contributed by atoms with Crippen molar-refractivity contribution in [2.45, 2.75) is 62.8 Å². The lowest BCUT2D eigenvalue weighted by Crippen LogP contribution is -2.44. The molecule has 326 valence electrons. The highest BCUT2D eigenvalue weighted by molar-refractivity contribution is 5.86. The van der Waals surface area contributed by atoms with Crippen molar-refractivity contribution in [1.82, 2.24) is 16.0 Å². The van der Waals surface area contributed by atoms with Crippen molar-refractivity contribution < 1.29 is 38.5 Å². The summed E-state index contributed by atoms with van der Waals surface area (Å²) in [5, 5.41) is 18.6. The lowest BCUT2D eigenvalue weighted by atomic mass is 9.98. The predicted molar refractivity (Wildman–Crippen MR) is 243 cm³/mol. The van der Waals surface area contributed by atoms with Crippen molar-refractivity contribution >= 4 is 23.9 Å². The number of benzene rings is 5. The normalized spacial score (nSPS) is 13.5. The van der Waals surface area contributed by atoms with Crippen LogP contribution >= 0.6 is 0 Å². The molecule has 0 unspecified atom stereocenters. The second kappa shape index (κ2) is 23.3. The molecule has 4 atom stereocenters. The number of aliphatic hydroxyl groups excluding tert-OH is 1. The zero-order chi connectivity index (χ0) is 44.4. The fourth-order valence-electron chi connectivity index (χ4n) is 7.67. The minimum Gasteiger partial charge on any atom is -0.489 e. The summed E-state index contributed by atoms with van der Waals surface area (Å²) < 4.78 is 17.6. The number of rotatable bonds is 23. The summed E-state index contributed by atoms with van der Waals surface area (Å²) in [6.07, 6.45) is 2.56. The third kappa shape index (κ3) is 13.0. The van der Waals surface area contributed by atoms with Crippen LogP contribution in [0.25, 0.3) is 11.1 Å². The van der Waals surface area contributed by atoms with E-state index in [2.05, 4.69) is 41.2 Å². The van der Waals surface area contributed by atoms with Gasteiger partial charge in [0.15, 0.2) is 0 Å². The van der Waals surface area contributed by atoms with Crippen LogP contribution in [0.15, 0.2) is 159 Å². The first-order chi connectivity index (χ1) is 30.8. The maximum Gasteiger partial charge on any atom is 0.407 e. The van der Waals surface area contributed by atoms with Crippen LogP contribution in [-0.2, 0) is 36.9 Å². The number of hydrogen-bond acceptors (Lipinski definition) is 8. The summed E-state index contributed by atoms with van der Waals surface area (Å²) in [5.41, 5.74) is 6.90. The molecule has 0 aliphatic heterocycles. The summed E-state index contributed by atoms with van der Waals surface area (Å²) in [6, 6.07) is 40.7. The van der Waals surface area contributed by atoms with Gasteiger partial charge in [-0.3, -0.25) is 9.59 Å². The molecule has 6 rings (SSSR count). The maximum absolute atomic E-state index is 13.8. The summed E-state index contributed by atoms with van der Waals surface area (Å²) in [6.45, 7) is 7.66. The quantitative estimate of drug-likeness (QED) is 0.0380. The van der Waals surface area contributed by atoms with Crippen molar-refractivity contribution in [3.05, 3.63) is 187 Å². The van der Waals surface area contributed by atoms with Gasteiger partial charge in [0.25, 0.3) is 0 Å². The van der Waals surface area contributed by atoms with Crippen molar-refractivity contribution in [2.75, 3.05) is 19.8 Å². The lowest BCUT2D eigenvalue weighted by Gasteiger charge is -2.24. The van der Waals surface area contributed by atoms with Gasteiger partial charge in [-0.15, -0.1) is 13.2 Å². The van der Waals surface area contributed by atoms with Gasteiger partial charge in [-0.25, -0.2) is 9.59 Å². The van der Waals surface area contributed by atoms with E-state index in [0.29, 0.717) is 30.8 Å². The molecule has 11 nitrogen and oxygen atoms in total. The van der Waals surface area contributed by atoms with E-state index in [4.69, 9.17) is 14.2 Å². The van der Waals surface area contributed by atoms with Gasteiger partial charge in [-0.05, 0) is 76.8 Å². The monoisotopic (exact) mass is 849 g/mol. The Morgan fingerprint density at radius 2 is 1.37 bits per heavy atom. The van der Waals surface area contributed by atoms with E-state index in [-0.39, 0.29) is 44.9 Å². The van der Waals surface area contributed by atoms with Crippen molar-refractivity contribution in [3.8, 4) is 16.9 Å². The number of esters is 1. The van der Waals surface area contributed by atoms with Gasteiger partial charge in [-0.2, -0.15) is 0 Å². The van der Waals surface area contributed by atoms with E-state index in [0.717, 1.165) is 33.4 Å². The SMILES string of the molecule is C=CCC[C@H](NC(=O)OCC1c2ccccc2-c2ccccc21)C(=O)O[C@@H](CNC(=O)[C@@H](CC=C)CC(=O)N[C@H](CO)Cc1ccc(OCc2ccccc2)cc1)c1ccccc1. The second-order valence-electron chi connectivity index (χ2n) is 15.5. The highest BCUT2D eigenvalue weighted by Gasteiger charge is 2.31. The largest absolute Gasteiger partial charge is 0.489 e. The Kier molecular flexibility index (Phi) is 16.8. The highest BCUT2D eigenvalue weighted by Crippen LogP contribution is 2.44. The number of carbonyl (C=O) groups is 4. The van der Waals surface area contributed by atoms with Gasteiger partial charge in [-0.1, -0.05) is 133 Å². The van der Waals surface area contributed by atoms with E-state index < -0.39 is 48.0 Å². The van der Waals surface area contributed by atoms with Gasteiger partial charge < -0.3 is 35.3 Å². The average Bonchev–Trinajstić information content (AvgIpc) is 3.64. The summed E-state index contributed by atoms with van der Waals surface area (Å²) >= 11 is 0. The Bertz CT molecular complexity index is 2250. The first-order valence-corrected chi connectivity index (χ1v) is 21.3. The van der Waals surface area contributed by atoms with E-state index in [1.54, 1.807) is 36.4 Å². The van der Waals surface area contributed by atoms with Gasteiger partial charge in [0, 0.05) is 12.3 Å². The van der Waals surface area contributed by atoms with E-state index >= 15 is 0 Å². The molecule has 0 saturated carbocycles. The Hall–Kier alpha value is -6.98. The second-order valence-corrected chi connectivity index (χ2v) is 15.5. The molecule has 5 aromatic rings. The van der Waals surface area contributed by atoms with Gasteiger partial charge in [0.1, 0.15) is 31.1 Å². The molecule has 4 N–H and O–H groups in total. The topological polar surface area (TPSA) is 152 Å². The molecule has 0 spiro atoms. The van der Waals surface area contributed by atoms with Crippen LogP contribution in [0.5, 0.6) is 5.75 Å². The molecule has 1 aliphatic carbocycles. The fourth-order valence-corrected chi connectivity index (χ4v) is 7.67. The first kappa shape index (κ1) is 45.5. The molecular formula is C52H55N3O8. The van der Waals surface area contributed by atoms with Crippen LogP contribution in [0.3, 0.4) is 0 Å². The van der Waals surface area contributed by atoms with Crippen molar-refractivity contribution in [3.63, 3.8) is 0 Å². The Morgan fingerprint density at radius 1 is 0.730 bits per heavy atom. The molecule has 0 radical (unpaired) electrons. The third-order valence-corrected chi connectivity index (χ3v) is 11.0. The zero-order valence-electron chi connectivity index (χ0n) is 35.3. The Balaban J connectivity index is 1.03. The lowest BCUT2D eigenvalue weighted by molar-refractivity contribution is -0.152.